The summed E-state index contributed by atoms with van der Waals surface area (Å²) in [6.07, 6.45) is 0.975. The SMILES string of the molecule is C=CCOC(=O)N1Cc2[nH]nc(C(=O)O)c2C1. The lowest BCUT2D eigenvalue weighted by Crippen LogP contribution is -2.26. The summed E-state index contributed by atoms with van der Waals surface area (Å²) in [5, 5.41) is 15.2. The second kappa shape index (κ2) is 4.28. The van der Waals surface area contributed by atoms with Crippen LogP contribution in [0.15, 0.2) is 12.7 Å². The van der Waals surface area contributed by atoms with E-state index in [1.54, 1.807) is 0 Å². The molecule has 0 aromatic carbocycles. The Morgan fingerprint density at radius 3 is 3.00 bits per heavy atom. The number of nitrogens with zero attached hydrogens (tertiary/aromatic N) is 2. The van der Waals surface area contributed by atoms with Crippen LogP contribution in [-0.4, -0.2) is 38.9 Å². The van der Waals surface area contributed by atoms with E-state index in [0.29, 0.717) is 11.3 Å². The number of carboxylic acids is 1. The highest BCUT2D eigenvalue weighted by atomic mass is 16.6. The van der Waals surface area contributed by atoms with Crippen molar-refractivity contribution < 1.29 is 19.4 Å². The largest absolute Gasteiger partial charge is 0.476 e. The molecular weight excluding hydrogens is 226 g/mol. The van der Waals surface area contributed by atoms with Gasteiger partial charge in [0.2, 0.25) is 0 Å². The number of carboxylic acid groups (broad SMARTS) is 1. The van der Waals surface area contributed by atoms with Crippen LogP contribution in [0.3, 0.4) is 0 Å². The average Bonchev–Trinajstić information content (AvgIpc) is 2.83. The van der Waals surface area contributed by atoms with Crippen molar-refractivity contribution in [1.29, 1.82) is 0 Å². The second-order valence-electron chi connectivity index (χ2n) is 3.56. The Kier molecular flexibility index (Phi) is 2.82. The standard InChI is InChI=1S/C10H11N3O4/c1-2-3-17-10(16)13-4-6-7(5-13)11-12-8(6)9(14)15/h2H,1,3-5H2,(H,11,12)(H,14,15). The van der Waals surface area contributed by atoms with E-state index < -0.39 is 12.1 Å². The number of aromatic carboxylic acids is 1. The highest BCUT2D eigenvalue weighted by Crippen LogP contribution is 2.24. The number of aromatic amines is 1. The smallest absolute Gasteiger partial charge is 0.410 e. The molecule has 0 saturated carbocycles. The number of rotatable bonds is 3. The number of hydrogen-bond acceptors (Lipinski definition) is 4. The van der Waals surface area contributed by atoms with Crippen molar-refractivity contribution in [2.24, 2.45) is 0 Å². The van der Waals surface area contributed by atoms with E-state index in [2.05, 4.69) is 16.8 Å². The summed E-state index contributed by atoms with van der Waals surface area (Å²) in [6, 6.07) is 0. The number of fused-ring (bicyclic) bond motifs is 1. The van der Waals surface area contributed by atoms with E-state index in [4.69, 9.17) is 9.84 Å². The van der Waals surface area contributed by atoms with Crippen LogP contribution in [0, 0.1) is 0 Å². The predicted molar refractivity (Wildman–Crippen MR) is 56.3 cm³/mol. The molecule has 2 N–H and O–H groups in total. The van der Waals surface area contributed by atoms with Crippen molar-refractivity contribution in [1.82, 2.24) is 15.1 Å². The van der Waals surface area contributed by atoms with Crippen LogP contribution in [0.2, 0.25) is 0 Å². The lowest BCUT2D eigenvalue weighted by molar-refractivity contribution is 0.0686. The molecule has 0 fully saturated rings. The third-order valence-corrected chi connectivity index (χ3v) is 2.44. The predicted octanol–water partition coefficient (Wildman–Crippen LogP) is 0.746. The molecule has 90 valence electrons. The van der Waals surface area contributed by atoms with Gasteiger partial charge < -0.3 is 9.84 Å². The van der Waals surface area contributed by atoms with Crippen LogP contribution >= 0.6 is 0 Å². The molecule has 0 radical (unpaired) electrons. The van der Waals surface area contributed by atoms with Gasteiger partial charge in [0.1, 0.15) is 6.61 Å². The van der Waals surface area contributed by atoms with Gasteiger partial charge in [-0.05, 0) is 0 Å². The van der Waals surface area contributed by atoms with Crippen LogP contribution < -0.4 is 0 Å². The van der Waals surface area contributed by atoms with Crippen molar-refractivity contribution in [3.05, 3.63) is 29.6 Å². The molecule has 0 unspecified atom stereocenters. The van der Waals surface area contributed by atoms with E-state index >= 15 is 0 Å². The molecule has 1 aliphatic heterocycles. The fourth-order valence-electron chi connectivity index (χ4n) is 1.67. The molecule has 0 spiro atoms. The van der Waals surface area contributed by atoms with Gasteiger partial charge in [-0.1, -0.05) is 12.7 Å². The molecule has 17 heavy (non-hydrogen) atoms. The minimum absolute atomic E-state index is 0.0426. The fraction of sp³-hybridized carbons (Fsp3) is 0.300. The zero-order valence-electron chi connectivity index (χ0n) is 8.97. The van der Waals surface area contributed by atoms with Gasteiger partial charge in [-0.2, -0.15) is 5.10 Å². The molecule has 0 aliphatic carbocycles. The first kappa shape index (κ1) is 11.2. The highest BCUT2D eigenvalue weighted by Gasteiger charge is 2.30. The number of nitrogens with one attached hydrogen (secondary N) is 1. The Hall–Kier alpha value is -2.31. The second-order valence-corrected chi connectivity index (χ2v) is 3.56. The average molecular weight is 237 g/mol. The van der Waals surface area contributed by atoms with E-state index in [0.717, 1.165) is 0 Å². The van der Waals surface area contributed by atoms with E-state index in [-0.39, 0.29) is 25.4 Å². The molecule has 2 heterocycles. The number of hydrogen-bond donors (Lipinski definition) is 2. The van der Waals surface area contributed by atoms with Crippen molar-refractivity contribution >= 4 is 12.1 Å². The number of carbonyl (C=O) groups excluding carboxylic acids is 1. The van der Waals surface area contributed by atoms with Crippen LogP contribution in [-0.2, 0) is 17.8 Å². The van der Waals surface area contributed by atoms with Crippen molar-refractivity contribution in [3.63, 3.8) is 0 Å². The van der Waals surface area contributed by atoms with Crippen LogP contribution in [0.5, 0.6) is 0 Å². The first-order chi connectivity index (χ1) is 8.13. The van der Waals surface area contributed by atoms with Gasteiger partial charge in [0.05, 0.1) is 18.8 Å². The van der Waals surface area contributed by atoms with E-state index in [1.165, 1.54) is 11.0 Å². The first-order valence-electron chi connectivity index (χ1n) is 4.95. The summed E-state index contributed by atoms with van der Waals surface area (Å²) in [4.78, 5) is 23.8. The van der Waals surface area contributed by atoms with E-state index in [9.17, 15) is 9.59 Å². The van der Waals surface area contributed by atoms with E-state index in [1.807, 2.05) is 0 Å². The Balaban J connectivity index is 2.08. The summed E-state index contributed by atoms with van der Waals surface area (Å²) < 4.78 is 4.86. The molecule has 1 amide bonds. The quantitative estimate of drug-likeness (QED) is 0.756. The van der Waals surface area contributed by atoms with Crippen LogP contribution in [0.1, 0.15) is 21.7 Å². The van der Waals surface area contributed by atoms with Gasteiger partial charge in [0.25, 0.3) is 0 Å². The maximum atomic E-state index is 11.5. The summed E-state index contributed by atoms with van der Waals surface area (Å²) in [5.74, 6) is -1.11. The number of ether oxygens (including phenoxy) is 1. The monoisotopic (exact) mass is 237 g/mol. The molecule has 1 aromatic rings. The topological polar surface area (TPSA) is 95.5 Å². The minimum Gasteiger partial charge on any atom is -0.476 e. The Bertz CT molecular complexity index is 480. The minimum atomic E-state index is -1.11. The van der Waals surface area contributed by atoms with Crippen LogP contribution in [0.25, 0.3) is 0 Å². The Morgan fingerprint density at radius 2 is 2.35 bits per heavy atom. The molecule has 7 heteroatoms. The number of H-pyrrole nitrogens is 1. The third-order valence-electron chi connectivity index (χ3n) is 2.44. The van der Waals surface area contributed by atoms with Gasteiger partial charge in [-0.15, -0.1) is 0 Å². The molecule has 1 aliphatic rings. The summed E-state index contributed by atoms with van der Waals surface area (Å²) in [6.45, 7) is 4.05. The first-order valence-corrected chi connectivity index (χ1v) is 4.95. The molecule has 2 rings (SSSR count). The lowest BCUT2D eigenvalue weighted by atomic mass is 10.2. The maximum absolute atomic E-state index is 11.5. The number of amides is 1. The molecule has 1 aromatic heterocycles. The van der Waals surface area contributed by atoms with Crippen molar-refractivity contribution in [2.45, 2.75) is 13.1 Å². The molecule has 0 atom stereocenters. The molecule has 0 bridgehead atoms. The zero-order chi connectivity index (χ0) is 12.4. The van der Waals surface area contributed by atoms with Gasteiger partial charge in [-0.25, -0.2) is 9.59 Å². The normalized spacial score (nSPS) is 13.3. The zero-order valence-corrected chi connectivity index (χ0v) is 8.97. The maximum Gasteiger partial charge on any atom is 0.410 e. The lowest BCUT2D eigenvalue weighted by Gasteiger charge is -2.14. The Labute approximate surface area is 96.7 Å². The van der Waals surface area contributed by atoms with Crippen molar-refractivity contribution in [2.75, 3.05) is 6.61 Å². The Morgan fingerprint density at radius 1 is 1.59 bits per heavy atom. The fourth-order valence-corrected chi connectivity index (χ4v) is 1.67. The molecule has 0 saturated heterocycles. The van der Waals surface area contributed by atoms with Crippen LogP contribution in [0.4, 0.5) is 4.79 Å². The van der Waals surface area contributed by atoms with Gasteiger partial charge in [-0.3, -0.25) is 10.00 Å². The van der Waals surface area contributed by atoms with Gasteiger partial charge in [0, 0.05) is 5.56 Å². The van der Waals surface area contributed by atoms with Gasteiger partial charge >= 0.3 is 12.1 Å². The van der Waals surface area contributed by atoms with Gasteiger partial charge in [0.15, 0.2) is 5.69 Å². The number of carbonyl (C=O) groups is 2. The highest BCUT2D eigenvalue weighted by molar-refractivity contribution is 5.87. The number of aromatic nitrogens is 2. The van der Waals surface area contributed by atoms with Crippen molar-refractivity contribution in [3.8, 4) is 0 Å². The molecule has 7 nitrogen and oxygen atoms in total. The third kappa shape index (κ3) is 1.99. The summed E-state index contributed by atoms with van der Waals surface area (Å²) >= 11 is 0. The summed E-state index contributed by atoms with van der Waals surface area (Å²) in [5.41, 5.74) is 1.13. The molecular formula is C10H11N3O4. The summed E-state index contributed by atoms with van der Waals surface area (Å²) in [7, 11) is 0.